The molecule has 4 rings (SSSR count). The fourth-order valence-corrected chi connectivity index (χ4v) is 3.90. The van der Waals surface area contributed by atoms with Crippen LogP contribution in [0.3, 0.4) is 0 Å². The van der Waals surface area contributed by atoms with Crippen molar-refractivity contribution in [2.24, 2.45) is 0 Å². The van der Waals surface area contributed by atoms with E-state index in [0.717, 1.165) is 28.3 Å². The average Bonchev–Trinajstić information content (AvgIpc) is 3.25. The van der Waals surface area contributed by atoms with Crippen LogP contribution in [0, 0.1) is 6.92 Å². The zero-order chi connectivity index (χ0) is 17.4. The summed E-state index contributed by atoms with van der Waals surface area (Å²) in [6.07, 6.45) is 5.83. The van der Waals surface area contributed by atoms with Crippen molar-refractivity contribution in [2.75, 3.05) is 11.6 Å². The number of nitrogens with zero attached hydrogens (tertiary/aromatic N) is 3. The van der Waals surface area contributed by atoms with Crippen molar-refractivity contribution in [3.05, 3.63) is 40.7 Å². The van der Waals surface area contributed by atoms with Crippen LogP contribution in [0.15, 0.2) is 33.8 Å². The first-order valence-corrected chi connectivity index (χ1v) is 9.94. The molecular formula is C17H16N4O2S2. The van der Waals surface area contributed by atoms with Gasteiger partial charge >= 0.3 is 0 Å². The van der Waals surface area contributed by atoms with Crippen molar-refractivity contribution in [2.45, 2.75) is 30.7 Å². The fourth-order valence-electron chi connectivity index (χ4n) is 2.46. The van der Waals surface area contributed by atoms with E-state index < -0.39 is 0 Å². The second-order valence-corrected chi connectivity index (χ2v) is 7.87. The highest BCUT2D eigenvalue weighted by atomic mass is 32.2. The molecule has 1 aliphatic carbocycles. The SMILES string of the molecule is CSc1ncccc1C(=O)Nc1cc(-c2nnc(C3CC3)o2)sc1C. The van der Waals surface area contributed by atoms with Crippen molar-refractivity contribution in [3.8, 4) is 10.8 Å². The molecule has 0 saturated heterocycles. The van der Waals surface area contributed by atoms with E-state index in [2.05, 4.69) is 20.5 Å². The molecule has 128 valence electrons. The summed E-state index contributed by atoms with van der Waals surface area (Å²) in [5.41, 5.74) is 1.32. The van der Waals surface area contributed by atoms with Crippen LogP contribution in [-0.2, 0) is 0 Å². The Morgan fingerprint density at radius 2 is 2.24 bits per heavy atom. The van der Waals surface area contributed by atoms with E-state index in [1.165, 1.54) is 23.1 Å². The predicted octanol–water partition coefficient (Wildman–Crippen LogP) is 4.35. The van der Waals surface area contributed by atoms with Gasteiger partial charge in [-0.3, -0.25) is 4.79 Å². The molecule has 3 heterocycles. The molecule has 0 unspecified atom stereocenters. The van der Waals surface area contributed by atoms with Gasteiger partial charge in [0.1, 0.15) is 5.03 Å². The lowest BCUT2D eigenvalue weighted by molar-refractivity contribution is 0.102. The normalized spacial score (nSPS) is 13.8. The molecule has 0 aliphatic heterocycles. The van der Waals surface area contributed by atoms with Gasteiger partial charge in [-0.1, -0.05) is 0 Å². The molecule has 0 atom stereocenters. The monoisotopic (exact) mass is 372 g/mol. The van der Waals surface area contributed by atoms with E-state index in [4.69, 9.17) is 4.42 Å². The van der Waals surface area contributed by atoms with Crippen LogP contribution in [0.4, 0.5) is 5.69 Å². The number of thiophene rings is 1. The van der Waals surface area contributed by atoms with E-state index in [1.807, 2.05) is 19.2 Å². The van der Waals surface area contributed by atoms with E-state index in [-0.39, 0.29) is 5.91 Å². The van der Waals surface area contributed by atoms with Crippen molar-refractivity contribution in [1.29, 1.82) is 0 Å². The molecule has 0 aromatic carbocycles. The van der Waals surface area contributed by atoms with Gasteiger partial charge in [0.05, 0.1) is 16.1 Å². The standard InChI is InChI=1S/C17H16N4O2S2/c1-9-12(19-14(22)11-4-3-7-18-17(11)24-2)8-13(25-9)16-21-20-15(23-16)10-5-6-10/h3-4,7-8,10H,5-6H2,1-2H3,(H,19,22). The third-order valence-electron chi connectivity index (χ3n) is 3.95. The summed E-state index contributed by atoms with van der Waals surface area (Å²) in [6.45, 7) is 1.96. The van der Waals surface area contributed by atoms with Gasteiger partial charge in [-0.05, 0) is 44.2 Å². The summed E-state index contributed by atoms with van der Waals surface area (Å²) >= 11 is 2.98. The molecule has 0 bridgehead atoms. The molecule has 3 aromatic rings. The van der Waals surface area contributed by atoms with Crippen molar-refractivity contribution in [3.63, 3.8) is 0 Å². The summed E-state index contributed by atoms with van der Waals surface area (Å²) in [6, 6.07) is 5.42. The number of hydrogen-bond acceptors (Lipinski definition) is 7. The third-order valence-corrected chi connectivity index (χ3v) is 5.70. The van der Waals surface area contributed by atoms with Crippen LogP contribution < -0.4 is 5.32 Å². The van der Waals surface area contributed by atoms with Crippen LogP contribution in [0.1, 0.15) is 39.9 Å². The highest BCUT2D eigenvalue weighted by molar-refractivity contribution is 7.98. The van der Waals surface area contributed by atoms with Gasteiger partial charge in [-0.15, -0.1) is 33.3 Å². The number of pyridine rings is 1. The predicted molar refractivity (Wildman–Crippen MR) is 98.3 cm³/mol. The quantitative estimate of drug-likeness (QED) is 0.671. The Morgan fingerprint density at radius 3 is 3.00 bits per heavy atom. The second-order valence-electron chi connectivity index (χ2n) is 5.81. The van der Waals surface area contributed by atoms with Gasteiger partial charge in [0.25, 0.3) is 11.8 Å². The summed E-state index contributed by atoms with van der Waals surface area (Å²) in [4.78, 5) is 18.7. The summed E-state index contributed by atoms with van der Waals surface area (Å²) in [5.74, 6) is 1.49. The first kappa shape index (κ1) is 16.3. The van der Waals surface area contributed by atoms with Crippen LogP contribution in [-0.4, -0.2) is 27.3 Å². The summed E-state index contributed by atoms with van der Waals surface area (Å²) in [7, 11) is 0. The van der Waals surface area contributed by atoms with Crippen LogP contribution in [0.2, 0.25) is 0 Å². The van der Waals surface area contributed by atoms with Crippen molar-refractivity contribution in [1.82, 2.24) is 15.2 Å². The summed E-state index contributed by atoms with van der Waals surface area (Å²) in [5, 5.41) is 11.9. The lowest BCUT2D eigenvalue weighted by Gasteiger charge is -2.07. The molecule has 1 N–H and O–H groups in total. The lowest BCUT2D eigenvalue weighted by atomic mass is 10.2. The minimum absolute atomic E-state index is 0.172. The maximum absolute atomic E-state index is 12.6. The van der Waals surface area contributed by atoms with Gasteiger partial charge in [0.2, 0.25) is 5.89 Å². The number of anilines is 1. The van der Waals surface area contributed by atoms with Crippen LogP contribution in [0.25, 0.3) is 10.8 Å². The van der Waals surface area contributed by atoms with E-state index in [9.17, 15) is 4.79 Å². The smallest absolute Gasteiger partial charge is 0.258 e. The highest BCUT2D eigenvalue weighted by Gasteiger charge is 2.30. The van der Waals surface area contributed by atoms with Crippen molar-refractivity contribution >= 4 is 34.7 Å². The number of rotatable bonds is 5. The van der Waals surface area contributed by atoms with Gasteiger partial charge in [-0.2, -0.15) is 0 Å². The lowest BCUT2D eigenvalue weighted by Crippen LogP contribution is -2.13. The van der Waals surface area contributed by atoms with E-state index >= 15 is 0 Å². The number of hydrogen-bond donors (Lipinski definition) is 1. The van der Waals surface area contributed by atoms with Crippen LogP contribution >= 0.6 is 23.1 Å². The number of carbonyl (C=O) groups is 1. The maximum atomic E-state index is 12.6. The van der Waals surface area contributed by atoms with Crippen molar-refractivity contribution < 1.29 is 9.21 Å². The molecule has 0 radical (unpaired) electrons. The average molecular weight is 372 g/mol. The minimum Gasteiger partial charge on any atom is -0.420 e. The molecule has 25 heavy (non-hydrogen) atoms. The first-order chi connectivity index (χ1) is 12.2. The topological polar surface area (TPSA) is 80.9 Å². The van der Waals surface area contributed by atoms with Gasteiger partial charge in [0.15, 0.2) is 0 Å². The Hall–Kier alpha value is -2.19. The third kappa shape index (κ3) is 3.32. The molecular weight excluding hydrogens is 356 g/mol. The Labute approximate surface area is 153 Å². The molecule has 1 fully saturated rings. The molecule has 1 aliphatic rings. The van der Waals surface area contributed by atoms with Gasteiger partial charge < -0.3 is 9.73 Å². The molecule has 6 nitrogen and oxygen atoms in total. The molecule has 8 heteroatoms. The largest absolute Gasteiger partial charge is 0.420 e. The zero-order valence-corrected chi connectivity index (χ0v) is 15.4. The van der Waals surface area contributed by atoms with Gasteiger partial charge in [-0.25, -0.2) is 4.98 Å². The number of aryl methyl sites for hydroxylation is 1. The maximum Gasteiger partial charge on any atom is 0.258 e. The van der Waals surface area contributed by atoms with Crippen LogP contribution in [0.5, 0.6) is 0 Å². The number of nitrogens with one attached hydrogen (secondary N) is 1. The zero-order valence-electron chi connectivity index (χ0n) is 13.8. The number of amides is 1. The highest BCUT2D eigenvalue weighted by Crippen LogP contribution is 2.41. The first-order valence-electron chi connectivity index (χ1n) is 7.90. The second kappa shape index (κ2) is 6.61. The number of aromatic nitrogens is 3. The Morgan fingerprint density at radius 1 is 1.40 bits per heavy atom. The molecule has 3 aromatic heterocycles. The number of carbonyl (C=O) groups excluding carboxylic acids is 1. The Bertz CT molecular complexity index is 930. The minimum atomic E-state index is -0.172. The van der Waals surface area contributed by atoms with Gasteiger partial charge in [0, 0.05) is 17.0 Å². The van der Waals surface area contributed by atoms with E-state index in [0.29, 0.717) is 28.3 Å². The Balaban J connectivity index is 1.56. The molecule has 1 amide bonds. The summed E-state index contributed by atoms with van der Waals surface area (Å²) < 4.78 is 5.75. The Kier molecular flexibility index (Phi) is 4.30. The fraction of sp³-hybridized carbons (Fsp3) is 0.294. The molecule has 1 saturated carbocycles. The number of thioether (sulfide) groups is 1. The molecule has 0 spiro atoms. The van der Waals surface area contributed by atoms with E-state index in [1.54, 1.807) is 18.3 Å².